The molecule has 3 fully saturated rings. The van der Waals surface area contributed by atoms with E-state index in [1.54, 1.807) is 32.9 Å². The van der Waals surface area contributed by atoms with Crippen molar-refractivity contribution in [3.8, 4) is 5.75 Å². The summed E-state index contributed by atoms with van der Waals surface area (Å²) in [4.78, 5) is 78.8. The number of methoxy groups -OCH3 is 1. The molecule has 3 saturated heterocycles. The first-order valence-corrected chi connectivity index (χ1v) is 17.9. The number of esters is 5. The van der Waals surface area contributed by atoms with E-state index in [0.29, 0.717) is 49.7 Å². The molecule has 3 aliphatic heterocycles. The number of nitrogens with one attached hydrogen (secondary N) is 2. The average molecular weight is 748 g/mol. The first-order chi connectivity index (χ1) is 25.0. The van der Waals surface area contributed by atoms with Crippen LogP contribution in [0.5, 0.6) is 5.75 Å². The maximum atomic E-state index is 13.8. The van der Waals surface area contributed by atoms with Gasteiger partial charge in [0.1, 0.15) is 18.0 Å². The molecule has 1 amide bonds. The molecule has 2 N–H and O–H groups in total. The van der Waals surface area contributed by atoms with Crippen LogP contribution in [0.15, 0.2) is 12.1 Å². The van der Waals surface area contributed by atoms with Crippen LogP contribution in [0.2, 0.25) is 0 Å². The Morgan fingerprint density at radius 1 is 1.00 bits per heavy atom. The van der Waals surface area contributed by atoms with Crippen molar-refractivity contribution in [2.24, 2.45) is 5.92 Å². The van der Waals surface area contributed by atoms with Gasteiger partial charge in [0.15, 0.2) is 17.8 Å². The third-order valence-corrected chi connectivity index (χ3v) is 10.2. The number of hydrogen-bond donors (Lipinski definition) is 2. The molecule has 4 rings (SSSR count). The molecule has 0 bridgehead atoms. The number of carbonyl (C=O) groups is 6. The van der Waals surface area contributed by atoms with E-state index in [-0.39, 0.29) is 30.5 Å². The van der Waals surface area contributed by atoms with Gasteiger partial charge in [0.2, 0.25) is 0 Å². The van der Waals surface area contributed by atoms with Crippen molar-refractivity contribution in [1.29, 1.82) is 0 Å². The molecule has 0 aliphatic carbocycles. The van der Waals surface area contributed by atoms with Gasteiger partial charge in [0.05, 0.1) is 32.4 Å². The Labute approximate surface area is 309 Å². The van der Waals surface area contributed by atoms with E-state index in [4.69, 9.17) is 33.2 Å². The van der Waals surface area contributed by atoms with E-state index >= 15 is 0 Å². The lowest BCUT2D eigenvalue weighted by molar-refractivity contribution is -0.249. The van der Waals surface area contributed by atoms with Crippen molar-refractivity contribution in [2.45, 2.75) is 103 Å². The van der Waals surface area contributed by atoms with Crippen molar-refractivity contribution in [3.63, 3.8) is 0 Å². The average Bonchev–Trinajstić information content (AvgIpc) is 3.55. The van der Waals surface area contributed by atoms with Crippen LogP contribution in [-0.4, -0.2) is 129 Å². The molecule has 0 saturated carbocycles. The predicted molar refractivity (Wildman–Crippen MR) is 187 cm³/mol. The lowest BCUT2D eigenvalue weighted by Crippen LogP contribution is -2.64. The zero-order chi connectivity index (χ0) is 39.1. The summed E-state index contributed by atoms with van der Waals surface area (Å²) in [6.45, 7) is 13.3. The Morgan fingerprint density at radius 2 is 1.68 bits per heavy atom. The Balaban J connectivity index is 1.68. The van der Waals surface area contributed by atoms with E-state index < -0.39 is 71.7 Å². The van der Waals surface area contributed by atoms with E-state index in [9.17, 15) is 28.8 Å². The van der Waals surface area contributed by atoms with Crippen LogP contribution in [0.4, 0.5) is 0 Å². The molecule has 1 aromatic carbocycles. The highest BCUT2D eigenvalue weighted by atomic mass is 16.6. The van der Waals surface area contributed by atoms with Crippen LogP contribution >= 0.6 is 0 Å². The van der Waals surface area contributed by atoms with E-state index in [1.165, 1.54) is 34.8 Å². The SMILES string of the molecule is COC(=O)[C@@]1(CCN2CCOC[C@@]23CCNC3)C[C@H](OC(C)=O)C(C)[C@H]([C@H](OC(C)=O)C(CNC(=O)c2cc(C)c(OC(C)=O)c(C)c2)OC(C)=O)O1. The number of rotatable bonds is 13. The molecule has 16 heteroatoms. The monoisotopic (exact) mass is 747 g/mol. The maximum absolute atomic E-state index is 13.8. The summed E-state index contributed by atoms with van der Waals surface area (Å²) >= 11 is 0. The molecule has 53 heavy (non-hydrogen) atoms. The van der Waals surface area contributed by atoms with Gasteiger partial charge in [-0.1, -0.05) is 6.92 Å². The van der Waals surface area contributed by atoms with Crippen LogP contribution in [0.3, 0.4) is 0 Å². The minimum absolute atomic E-state index is 0.0453. The smallest absolute Gasteiger partial charge is 0.338 e. The normalized spacial score (nSPS) is 26.9. The Bertz CT molecular complexity index is 1520. The minimum Gasteiger partial charge on any atom is -0.467 e. The molecule has 3 aliphatic rings. The Morgan fingerprint density at radius 3 is 2.25 bits per heavy atom. The Hall–Kier alpha value is -4.12. The number of carbonyl (C=O) groups excluding carboxylic acids is 6. The summed E-state index contributed by atoms with van der Waals surface area (Å²) in [6, 6.07) is 3.10. The van der Waals surface area contributed by atoms with Crippen molar-refractivity contribution in [1.82, 2.24) is 15.5 Å². The Kier molecular flexibility index (Phi) is 14.0. The largest absolute Gasteiger partial charge is 0.467 e. The molecule has 7 atom stereocenters. The van der Waals surface area contributed by atoms with E-state index in [1.807, 2.05) is 0 Å². The molecule has 2 unspecified atom stereocenters. The molecule has 3 heterocycles. The van der Waals surface area contributed by atoms with Gasteiger partial charge >= 0.3 is 29.8 Å². The fourth-order valence-electron chi connectivity index (χ4n) is 7.67. The molecular formula is C37H53N3O13. The highest BCUT2D eigenvalue weighted by Crippen LogP contribution is 2.41. The molecular weight excluding hydrogens is 694 g/mol. The summed E-state index contributed by atoms with van der Waals surface area (Å²) in [7, 11) is 1.24. The number of morpholine rings is 1. The zero-order valence-corrected chi connectivity index (χ0v) is 31.9. The predicted octanol–water partition coefficient (Wildman–Crippen LogP) is 1.54. The number of aryl methyl sites for hydroxylation is 2. The molecule has 1 aromatic rings. The second-order valence-corrected chi connectivity index (χ2v) is 14.2. The highest BCUT2D eigenvalue weighted by Gasteiger charge is 2.57. The number of benzene rings is 1. The van der Waals surface area contributed by atoms with Gasteiger partial charge in [-0.2, -0.15) is 0 Å². The summed E-state index contributed by atoms with van der Waals surface area (Å²) in [5.74, 6) is -4.19. The molecule has 0 aromatic heterocycles. The van der Waals surface area contributed by atoms with Gasteiger partial charge in [-0.05, 0) is 50.1 Å². The van der Waals surface area contributed by atoms with Gasteiger partial charge < -0.3 is 43.8 Å². The van der Waals surface area contributed by atoms with Gasteiger partial charge in [-0.15, -0.1) is 0 Å². The summed E-state index contributed by atoms with van der Waals surface area (Å²) in [5, 5.41) is 6.15. The first-order valence-electron chi connectivity index (χ1n) is 17.9. The number of amides is 1. The highest BCUT2D eigenvalue weighted by molar-refractivity contribution is 5.95. The van der Waals surface area contributed by atoms with Crippen molar-refractivity contribution >= 4 is 35.8 Å². The topological polar surface area (TPSA) is 194 Å². The third-order valence-electron chi connectivity index (χ3n) is 10.2. The van der Waals surface area contributed by atoms with Crippen LogP contribution in [0.25, 0.3) is 0 Å². The fraction of sp³-hybridized carbons (Fsp3) is 0.676. The van der Waals surface area contributed by atoms with E-state index in [2.05, 4.69) is 15.5 Å². The van der Waals surface area contributed by atoms with Crippen LogP contribution in [0, 0.1) is 19.8 Å². The molecule has 294 valence electrons. The summed E-state index contributed by atoms with van der Waals surface area (Å²) in [5.41, 5.74) is -0.595. The van der Waals surface area contributed by atoms with Gasteiger partial charge in [0, 0.05) is 71.7 Å². The van der Waals surface area contributed by atoms with Crippen LogP contribution in [-0.2, 0) is 52.4 Å². The van der Waals surface area contributed by atoms with Crippen LogP contribution in [0.1, 0.15) is 75.4 Å². The number of ether oxygens (including phenoxy) is 7. The lowest BCUT2D eigenvalue weighted by Gasteiger charge is -2.50. The van der Waals surface area contributed by atoms with Gasteiger partial charge in [0.25, 0.3) is 5.91 Å². The number of nitrogens with zero attached hydrogens (tertiary/aromatic N) is 1. The standard InChI is InChI=1S/C37H53N3O13/c1-21-15-28(16-22(2)31(21)51-26(6)43)34(45)39-18-30(50-25(5)42)33(52-27(7)44)32-23(3)29(49-24(4)41)17-37(53-32,35(46)47-8)10-12-40-13-14-48-20-36(40)9-11-38-19-36/h15-16,23,29-30,32-33,38H,9-14,17-20H2,1-8H3,(H,39,45)/t23?,29-,30?,32+,33+,36-,37+/m0/s1. The van der Waals surface area contributed by atoms with Gasteiger partial charge in [-0.25, -0.2) is 4.79 Å². The lowest BCUT2D eigenvalue weighted by atomic mass is 9.78. The zero-order valence-electron chi connectivity index (χ0n) is 31.9. The van der Waals surface area contributed by atoms with Crippen molar-refractivity contribution in [3.05, 3.63) is 28.8 Å². The van der Waals surface area contributed by atoms with Crippen molar-refractivity contribution in [2.75, 3.05) is 53.0 Å². The second-order valence-electron chi connectivity index (χ2n) is 14.2. The molecule has 1 spiro atoms. The number of hydrogen-bond acceptors (Lipinski definition) is 15. The van der Waals surface area contributed by atoms with Gasteiger partial charge in [-0.3, -0.25) is 28.9 Å². The van der Waals surface area contributed by atoms with Crippen molar-refractivity contribution < 1.29 is 61.9 Å². The quantitative estimate of drug-likeness (QED) is 0.168. The minimum atomic E-state index is -1.67. The summed E-state index contributed by atoms with van der Waals surface area (Å²) in [6.07, 6.45) is -3.83. The first kappa shape index (κ1) is 41.6. The third kappa shape index (κ3) is 10.1. The molecule has 16 nitrogen and oxygen atoms in total. The fourth-order valence-corrected chi connectivity index (χ4v) is 7.67. The maximum Gasteiger partial charge on any atom is 0.338 e. The second kappa shape index (κ2) is 17.8. The van der Waals surface area contributed by atoms with E-state index in [0.717, 1.165) is 13.0 Å². The molecule has 0 radical (unpaired) electrons. The summed E-state index contributed by atoms with van der Waals surface area (Å²) < 4.78 is 40.4. The van der Waals surface area contributed by atoms with Crippen LogP contribution < -0.4 is 15.4 Å².